The molecule has 1 aromatic carbocycles. The number of hydrogen-bond donors (Lipinski definition) is 0. The molecule has 0 heterocycles. The molecule has 1 spiro atoms. The maximum atomic E-state index is 13.8. The van der Waals surface area contributed by atoms with Crippen LogP contribution in [0.5, 0.6) is 5.75 Å². The van der Waals surface area contributed by atoms with Gasteiger partial charge in [-0.25, -0.2) is 4.39 Å². The quantitative estimate of drug-likeness (QED) is 0.501. The third-order valence-electron chi connectivity index (χ3n) is 4.70. The van der Waals surface area contributed by atoms with E-state index < -0.39 is 11.6 Å². The first-order valence-electron chi connectivity index (χ1n) is 6.98. The van der Waals surface area contributed by atoms with Gasteiger partial charge in [0.2, 0.25) is 5.82 Å². The second kappa shape index (κ2) is 5.45. The highest BCUT2D eigenvalue weighted by atomic mass is 79.9. The van der Waals surface area contributed by atoms with Crippen LogP contribution in [0, 0.1) is 17.0 Å². The van der Waals surface area contributed by atoms with Gasteiger partial charge >= 0.3 is 0 Å². The summed E-state index contributed by atoms with van der Waals surface area (Å²) in [4.78, 5) is 0. The molecule has 2 fully saturated rings. The summed E-state index contributed by atoms with van der Waals surface area (Å²) in [6.45, 7) is 0. The molecule has 110 valence electrons. The standard InChI is InChI=1S/C15H16BrClF2O/c16-9-6-10(18)14(19)11(7-9)20-13-8-12(17)15(13)4-2-1-3-5-15/h6-7,12-13H,1-5,8H2. The third-order valence-corrected chi connectivity index (χ3v) is 5.77. The molecule has 5 heteroatoms. The molecule has 0 radical (unpaired) electrons. The highest BCUT2D eigenvalue weighted by Crippen LogP contribution is 2.55. The highest BCUT2D eigenvalue weighted by Gasteiger charge is 2.56. The smallest absolute Gasteiger partial charge is 0.200 e. The van der Waals surface area contributed by atoms with Gasteiger partial charge in [-0.1, -0.05) is 35.2 Å². The summed E-state index contributed by atoms with van der Waals surface area (Å²) >= 11 is 9.55. The van der Waals surface area contributed by atoms with E-state index in [2.05, 4.69) is 15.9 Å². The summed E-state index contributed by atoms with van der Waals surface area (Å²) in [6, 6.07) is 2.58. The van der Waals surface area contributed by atoms with Crippen LogP contribution >= 0.6 is 27.5 Å². The van der Waals surface area contributed by atoms with E-state index in [0.29, 0.717) is 10.9 Å². The first-order chi connectivity index (χ1) is 9.53. The zero-order valence-corrected chi connectivity index (χ0v) is 13.3. The van der Waals surface area contributed by atoms with Crippen LogP contribution in [0.25, 0.3) is 0 Å². The Morgan fingerprint density at radius 2 is 1.90 bits per heavy atom. The minimum absolute atomic E-state index is 0.0182. The van der Waals surface area contributed by atoms with E-state index in [9.17, 15) is 8.78 Å². The summed E-state index contributed by atoms with van der Waals surface area (Å²) in [5, 5.41) is 0.0906. The summed E-state index contributed by atoms with van der Waals surface area (Å²) in [5.74, 6) is -1.83. The van der Waals surface area contributed by atoms with Crippen LogP contribution in [0.4, 0.5) is 8.78 Å². The van der Waals surface area contributed by atoms with E-state index in [1.807, 2.05) is 0 Å². The third kappa shape index (κ3) is 2.35. The average Bonchev–Trinajstić information content (AvgIpc) is 2.44. The maximum Gasteiger partial charge on any atom is 0.200 e. The fourth-order valence-corrected chi connectivity index (χ4v) is 4.41. The molecule has 0 aromatic heterocycles. The number of rotatable bonds is 2. The normalized spacial score (nSPS) is 28.2. The predicted octanol–water partition coefficient (Wildman–Crippen LogP) is 5.44. The zero-order chi connectivity index (χ0) is 14.3. The lowest BCUT2D eigenvalue weighted by Gasteiger charge is -2.55. The van der Waals surface area contributed by atoms with Crippen molar-refractivity contribution in [2.45, 2.75) is 50.0 Å². The Kier molecular flexibility index (Phi) is 3.97. The molecule has 2 unspecified atom stereocenters. The molecule has 1 nitrogen and oxygen atoms in total. The minimum Gasteiger partial charge on any atom is -0.487 e. The van der Waals surface area contributed by atoms with Gasteiger partial charge in [0.05, 0.1) is 0 Å². The molecule has 3 rings (SSSR count). The van der Waals surface area contributed by atoms with Crippen LogP contribution in [0.3, 0.4) is 0 Å². The largest absolute Gasteiger partial charge is 0.487 e. The second-order valence-corrected chi connectivity index (χ2v) is 7.25. The highest BCUT2D eigenvalue weighted by molar-refractivity contribution is 9.10. The van der Waals surface area contributed by atoms with E-state index in [0.717, 1.165) is 31.7 Å². The Balaban J connectivity index is 1.81. The average molecular weight is 366 g/mol. The monoisotopic (exact) mass is 364 g/mol. The van der Waals surface area contributed by atoms with Crippen molar-refractivity contribution in [2.24, 2.45) is 5.41 Å². The van der Waals surface area contributed by atoms with Gasteiger partial charge in [-0.05, 0) is 25.0 Å². The first kappa shape index (κ1) is 14.6. The van der Waals surface area contributed by atoms with E-state index in [1.54, 1.807) is 0 Å². The summed E-state index contributed by atoms with van der Waals surface area (Å²) in [6.07, 6.45) is 6.13. The topological polar surface area (TPSA) is 9.23 Å². The van der Waals surface area contributed by atoms with Crippen LogP contribution in [0.2, 0.25) is 0 Å². The Morgan fingerprint density at radius 3 is 2.55 bits per heavy atom. The van der Waals surface area contributed by atoms with Crippen LogP contribution in [0.15, 0.2) is 16.6 Å². The molecule has 1 aromatic rings. The Labute approximate surface area is 130 Å². The van der Waals surface area contributed by atoms with Crippen molar-refractivity contribution in [3.63, 3.8) is 0 Å². The fraction of sp³-hybridized carbons (Fsp3) is 0.600. The van der Waals surface area contributed by atoms with Crippen molar-refractivity contribution < 1.29 is 13.5 Å². The van der Waals surface area contributed by atoms with Crippen LogP contribution in [-0.4, -0.2) is 11.5 Å². The zero-order valence-electron chi connectivity index (χ0n) is 11.0. The van der Waals surface area contributed by atoms with Crippen LogP contribution < -0.4 is 4.74 Å². The molecule has 2 atom stereocenters. The number of ether oxygens (including phenoxy) is 1. The molecule has 0 aliphatic heterocycles. The van der Waals surface area contributed by atoms with Gasteiger partial charge in [0, 0.05) is 21.7 Å². The number of hydrogen-bond acceptors (Lipinski definition) is 1. The Bertz CT molecular complexity index is 517. The molecule has 0 saturated heterocycles. The minimum atomic E-state index is -0.919. The molecule has 20 heavy (non-hydrogen) atoms. The molecule has 0 bridgehead atoms. The Morgan fingerprint density at radius 1 is 1.20 bits per heavy atom. The van der Waals surface area contributed by atoms with Gasteiger partial charge in [0.25, 0.3) is 0 Å². The molecule has 2 aliphatic carbocycles. The molecule has 2 saturated carbocycles. The van der Waals surface area contributed by atoms with Gasteiger partial charge in [0.15, 0.2) is 11.6 Å². The van der Waals surface area contributed by atoms with Gasteiger partial charge in [-0.15, -0.1) is 11.6 Å². The number of alkyl halides is 1. The van der Waals surface area contributed by atoms with E-state index in [-0.39, 0.29) is 22.6 Å². The summed E-state index contributed by atoms with van der Waals surface area (Å²) < 4.78 is 33.5. The van der Waals surface area contributed by atoms with Crippen LogP contribution in [0.1, 0.15) is 38.5 Å². The summed E-state index contributed by atoms with van der Waals surface area (Å²) in [7, 11) is 0. The van der Waals surface area contributed by atoms with Crippen LogP contribution in [-0.2, 0) is 0 Å². The van der Waals surface area contributed by atoms with Gasteiger partial charge < -0.3 is 4.74 Å². The van der Waals surface area contributed by atoms with Crippen molar-refractivity contribution in [2.75, 3.05) is 0 Å². The number of benzene rings is 1. The van der Waals surface area contributed by atoms with E-state index in [1.165, 1.54) is 12.5 Å². The van der Waals surface area contributed by atoms with Gasteiger partial charge in [-0.2, -0.15) is 4.39 Å². The van der Waals surface area contributed by atoms with E-state index in [4.69, 9.17) is 16.3 Å². The second-order valence-electron chi connectivity index (χ2n) is 5.80. The molecule has 0 N–H and O–H groups in total. The lowest BCUT2D eigenvalue weighted by molar-refractivity contribution is -0.0668. The molecular formula is C15H16BrClF2O. The first-order valence-corrected chi connectivity index (χ1v) is 8.21. The van der Waals surface area contributed by atoms with Gasteiger partial charge in [-0.3, -0.25) is 0 Å². The summed E-state index contributed by atoms with van der Waals surface area (Å²) in [5.41, 5.74) is -0.0506. The fourth-order valence-electron chi connectivity index (χ4n) is 3.48. The SMILES string of the molecule is Fc1cc(Br)cc(OC2CC(Cl)C23CCCCC3)c1F. The molecular weight excluding hydrogens is 350 g/mol. The molecule has 2 aliphatic rings. The predicted molar refractivity (Wildman–Crippen MR) is 78.3 cm³/mol. The molecule has 0 amide bonds. The van der Waals surface area contributed by atoms with Crippen molar-refractivity contribution in [1.29, 1.82) is 0 Å². The lowest BCUT2D eigenvalue weighted by atomic mass is 9.58. The van der Waals surface area contributed by atoms with Gasteiger partial charge in [0.1, 0.15) is 6.10 Å². The van der Waals surface area contributed by atoms with Crippen molar-refractivity contribution in [3.8, 4) is 5.75 Å². The van der Waals surface area contributed by atoms with E-state index >= 15 is 0 Å². The maximum absolute atomic E-state index is 13.8. The van der Waals surface area contributed by atoms with Crippen molar-refractivity contribution in [3.05, 3.63) is 28.2 Å². The number of halogens is 4. The Hall–Kier alpha value is -0.350. The van der Waals surface area contributed by atoms with Crippen molar-refractivity contribution >= 4 is 27.5 Å². The van der Waals surface area contributed by atoms with Crippen molar-refractivity contribution in [1.82, 2.24) is 0 Å². The lowest BCUT2D eigenvalue weighted by Crippen LogP contribution is -2.58.